The van der Waals surface area contributed by atoms with Crippen molar-refractivity contribution < 1.29 is 14.4 Å². The number of piperidine rings is 1. The second-order valence-electron chi connectivity index (χ2n) is 7.65. The van der Waals surface area contributed by atoms with Gasteiger partial charge in [0, 0.05) is 30.6 Å². The van der Waals surface area contributed by atoms with Gasteiger partial charge in [-0.15, -0.1) is 0 Å². The van der Waals surface area contributed by atoms with Gasteiger partial charge in [-0.1, -0.05) is 30.3 Å². The maximum Gasteiger partial charge on any atom is 0.315 e. The molecule has 0 spiro atoms. The van der Waals surface area contributed by atoms with Crippen LogP contribution in [-0.2, 0) is 6.61 Å². The molecule has 0 aliphatic carbocycles. The summed E-state index contributed by atoms with van der Waals surface area (Å²) in [5.41, 5.74) is 4.36. The lowest BCUT2D eigenvalue weighted by atomic mass is 9.86. The van der Waals surface area contributed by atoms with Crippen molar-refractivity contribution in [2.45, 2.75) is 25.4 Å². The Bertz CT molecular complexity index is 1090. The number of nitro benzene ring substituents is 1. The van der Waals surface area contributed by atoms with Crippen molar-refractivity contribution in [3.05, 3.63) is 63.8 Å². The standard InChI is InChI=1S/C22H22N4O4/c1-29-18-12-16(20-21-19(23-24-20)15-7-9-25(21)10-8-15)11-17(26(27)28)22(18)30-13-14-5-3-2-4-6-14/h2-6,11-12,15H,7-10,13H2,1H3,(H,23,24). The average molecular weight is 406 g/mol. The fourth-order valence-corrected chi connectivity index (χ4v) is 4.43. The number of aromatic amines is 1. The van der Waals surface area contributed by atoms with Crippen LogP contribution in [0.25, 0.3) is 11.3 Å². The summed E-state index contributed by atoms with van der Waals surface area (Å²) in [6, 6.07) is 12.8. The Morgan fingerprint density at radius 3 is 2.70 bits per heavy atom. The van der Waals surface area contributed by atoms with Gasteiger partial charge in [0.25, 0.3) is 0 Å². The predicted octanol–water partition coefficient (Wildman–Crippen LogP) is 4.27. The Morgan fingerprint density at radius 2 is 2.00 bits per heavy atom. The molecule has 0 saturated carbocycles. The maximum atomic E-state index is 11.9. The SMILES string of the molecule is COc1cc(-c2n[nH]c3c2N2CCC3CC2)cc([N+](=O)[O-])c1OCc1ccccc1. The first-order valence-electron chi connectivity index (χ1n) is 10.0. The van der Waals surface area contributed by atoms with Crippen molar-refractivity contribution >= 4 is 11.4 Å². The van der Waals surface area contributed by atoms with E-state index in [1.54, 1.807) is 6.07 Å². The lowest BCUT2D eigenvalue weighted by Crippen LogP contribution is -2.38. The minimum Gasteiger partial charge on any atom is -0.493 e. The second-order valence-corrected chi connectivity index (χ2v) is 7.65. The number of benzene rings is 2. The van der Waals surface area contributed by atoms with Crippen molar-refractivity contribution in [1.82, 2.24) is 10.2 Å². The molecule has 1 aromatic heterocycles. The van der Waals surface area contributed by atoms with Gasteiger partial charge < -0.3 is 14.4 Å². The van der Waals surface area contributed by atoms with Gasteiger partial charge in [-0.05, 0) is 24.5 Å². The lowest BCUT2D eigenvalue weighted by Gasteiger charge is -2.40. The van der Waals surface area contributed by atoms with Crippen LogP contribution in [0.4, 0.5) is 11.4 Å². The number of anilines is 1. The van der Waals surface area contributed by atoms with Gasteiger partial charge in [0.2, 0.25) is 5.75 Å². The van der Waals surface area contributed by atoms with Gasteiger partial charge in [0.1, 0.15) is 12.3 Å². The van der Waals surface area contributed by atoms with E-state index in [9.17, 15) is 10.1 Å². The molecule has 1 fully saturated rings. The summed E-state index contributed by atoms with van der Waals surface area (Å²) < 4.78 is 11.3. The van der Waals surface area contributed by atoms with Crippen LogP contribution in [0.1, 0.15) is 30.0 Å². The van der Waals surface area contributed by atoms with Crippen LogP contribution in [0, 0.1) is 10.1 Å². The fourth-order valence-electron chi connectivity index (χ4n) is 4.43. The normalized spacial score (nSPS) is 15.2. The molecule has 30 heavy (non-hydrogen) atoms. The third-order valence-corrected chi connectivity index (χ3v) is 5.94. The van der Waals surface area contributed by atoms with Crippen molar-refractivity contribution in [3.63, 3.8) is 0 Å². The monoisotopic (exact) mass is 406 g/mol. The molecule has 3 aliphatic heterocycles. The molecule has 154 valence electrons. The minimum absolute atomic E-state index is 0.126. The number of H-pyrrole nitrogens is 1. The van der Waals surface area contributed by atoms with Gasteiger partial charge in [-0.3, -0.25) is 15.2 Å². The number of nitrogens with zero attached hydrogens (tertiary/aromatic N) is 3. The summed E-state index contributed by atoms with van der Waals surface area (Å²) in [5, 5.41) is 19.6. The van der Waals surface area contributed by atoms with E-state index >= 15 is 0 Å². The summed E-state index contributed by atoms with van der Waals surface area (Å²) in [6.07, 6.45) is 2.23. The highest BCUT2D eigenvalue weighted by Gasteiger charge is 2.36. The largest absolute Gasteiger partial charge is 0.493 e. The first kappa shape index (κ1) is 18.5. The molecule has 0 radical (unpaired) electrons. The number of hydrogen-bond donors (Lipinski definition) is 1. The van der Waals surface area contributed by atoms with Crippen molar-refractivity contribution in [3.8, 4) is 22.8 Å². The van der Waals surface area contributed by atoms with E-state index in [0.29, 0.717) is 17.2 Å². The number of nitro groups is 1. The Kier molecular flexibility index (Phi) is 4.54. The van der Waals surface area contributed by atoms with E-state index in [1.807, 2.05) is 30.3 Å². The van der Waals surface area contributed by atoms with Crippen LogP contribution in [0.2, 0.25) is 0 Å². The molecule has 4 heterocycles. The quantitative estimate of drug-likeness (QED) is 0.485. The third kappa shape index (κ3) is 3.04. The molecule has 1 N–H and O–H groups in total. The number of ether oxygens (including phenoxy) is 2. The zero-order chi connectivity index (χ0) is 20.7. The number of rotatable bonds is 6. The van der Waals surface area contributed by atoms with Crippen LogP contribution in [0.3, 0.4) is 0 Å². The predicted molar refractivity (Wildman–Crippen MR) is 112 cm³/mol. The molecule has 3 aliphatic rings. The molecule has 0 atom stereocenters. The Balaban J connectivity index is 1.55. The average Bonchev–Trinajstić information content (AvgIpc) is 3.26. The number of hydrogen-bond acceptors (Lipinski definition) is 6. The highest BCUT2D eigenvalue weighted by Crippen LogP contribution is 2.48. The highest BCUT2D eigenvalue weighted by atomic mass is 16.6. The van der Waals surface area contributed by atoms with E-state index in [-0.39, 0.29) is 18.0 Å². The molecular formula is C22H22N4O4. The molecule has 3 aromatic rings. The lowest BCUT2D eigenvalue weighted by molar-refractivity contribution is -0.386. The topological polar surface area (TPSA) is 93.5 Å². The smallest absolute Gasteiger partial charge is 0.315 e. The van der Waals surface area contributed by atoms with Crippen LogP contribution >= 0.6 is 0 Å². The van der Waals surface area contributed by atoms with Crippen LogP contribution < -0.4 is 14.4 Å². The van der Waals surface area contributed by atoms with E-state index in [0.717, 1.165) is 48.6 Å². The van der Waals surface area contributed by atoms with E-state index in [4.69, 9.17) is 9.47 Å². The Morgan fingerprint density at radius 1 is 1.23 bits per heavy atom. The molecular weight excluding hydrogens is 384 g/mol. The van der Waals surface area contributed by atoms with Crippen molar-refractivity contribution in [1.29, 1.82) is 0 Å². The minimum atomic E-state index is -0.433. The number of nitrogens with one attached hydrogen (secondary N) is 1. The number of fused-ring (bicyclic) bond motifs is 2. The zero-order valence-electron chi connectivity index (χ0n) is 16.6. The van der Waals surface area contributed by atoms with Crippen molar-refractivity contribution in [2.75, 3.05) is 25.1 Å². The van der Waals surface area contributed by atoms with Crippen LogP contribution in [0.5, 0.6) is 11.5 Å². The summed E-state index contributed by atoms with van der Waals surface area (Å²) in [6.45, 7) is 2.19. The Hall–Kier alpha value is -3.55. The molecule has 8 heteroatoms. The number of aromatic nitrogens is 2. The molecule has 6 rings (SSSR count). The van der Waals surface area contributed by atoms with Gasteiger partial charge in [0.05, 0.1) is 23.4 Å². The molecule has 2 aromatic carbocycles. The molecule has 0 unspecified atom stereocenters. The summed E-state index contributed by atoms with van der Waals surface area (Å²) in [4.78, 5) is 13.7. The Labute approximate surface area is 173 Å². The van der Waals surface area contributed by atoms with Gasteiger partial charge in [-0.2, -0.15) is 5.10 Å². The van der Waals surface area contributed by atoms with Crippen LogP contribution in [0.15, 0.2) is 42.5 Å². The fraction of sp³-hybridized carbons (Fsp3) is 0.318. The van der Waals surface area contributed by atoms with Crippen LogP contribution in [-0.4, -0.2) is 35.3 Å². The molecule has 8 nitrogen and oxygen atoms in total. The van der Waals surface area contributed by atoms with E-state index in [2.05, 4.69) is 15.1 Å². The summed E-state index contributed by atoms with van der Waals surface area (Å²) in [5.74, 6) is 0.931. The molecule has 0 amide bonds. The molecule has 2 bridgehead atoms. The first-order chi connectivity index (χ1) is 14.7. The molecule has 1 saturated heterocycles. The highest BCUT2D eigenvalue weighted by molar-refractivity contribution is 5.82. The summed E-state index contributed by atoms with van der Waals surface area (Å²) >= 11 is 0. The first-order valence-corrected chi connectivity index (χ1v) is 10.0. The summed E-state index contributed by atoms with van der Waals surface area (Å²) in [7, 11) is 1.49. The van der Waals surface area contributed by atoms with Gasteiger partial charge in [-0.25, -0.2) is 0 Å². The second kappa shape index (κ2) is 7.37. The van der Waals surface area contributed by atoms with Gasteiger partial charge >= 0.3 is 5.69 Å². The van der Waals surface area contributed by atoms with E-state index in [1.165, 1.54) is 13.2 Å². The maximum absolute atomic E-state index is 11.9. The van der Waals surface area contributed by atoms with E-state index < -0.39 is 4.92 Å². The zero-order valence-corrected chi connectivity index (χ0v) is 16.6. The number of methoxy groups -OCH3 is 1. The third-order valence-electron chi connectivity index (χ3n) is 5.94. The van der Waals surface area contributed by atoms with Crippen molar-refractivity contribution in [2.24, 2.45) is 0 Å². The van der Waals surface area contributed by atoms with Gasteiger partial charge in [0.15, 0.2) is 5.75 Å².